The largest absolute Gasteiger partial charge is 0.509 e. The molecule has 1 amide bonds. The summed E-state index contributed by atoms with van der Waals surface area (Å²) in [5.74, 6) is -4.47. The minimum atomic E-state index is -1.51. The smallest absolute Gasteiger partial charge is 0.464 e. The van der Waals surface area contributed by atoms with Gasteiger partial charge in [-0.1, -0.05) is 12.2 Å². The number of carbonyl (C=O) groups excluding carboxylic acids is 5. The van der Waals surface area contributed by atoms with E-state index in [2.05, 4.69) is 6.58 Å². The van der Waals surface area contributed by atoms with E-state index in [9.17, 15) is 44.2 Å². The highest BCUT2D eigenvalue weighted by molar-refractivity contribution is 5.99. The minimum absolute atomic E-state index is 0.0518. The number of non-ortho nitro benzene ring substituents is 2. The lowest BCUT2D eigenvalue weighted by Gasteiger charge is -2.52. The number of methoxy groups -OCH3 is 1. The van der Waals surface area contributed by atoms with Crippen molar-refractivity contribution in [2.75, 3.05) is 7.11 Å². The quantitative estimate of drug-likeness (QED) is 0.0405. The van der Waals surface area contributed by atoms with Crippen molar-refractivity contribution < 1.29 is 52.8 Å². The molecule has 0 aliphatic carbocycles. The van der Waals surface area contributed by atoms with Crippen molar-refractivity contribution in [3.05, 3.63) is 103 Å². The maximum absolute atomic E-state index is 13.6. The minimum Gasteiger partial charge on any atom is -0.464 e. The van der Waals surface area contributed by atoms with E-state index in [-0.39, 0.29) is 41.2 Å². The summed E-state index contributed by atoms with van der Waals surface area (Å²) < 4.78 is 20.4. The molecule has 48 heavy (non-hydrogen) atoms. The number of ether oxygens (including phenoxy) is 4. The van der Waals surface area contributed by atoms with Crippen LogP contribution in [0.3, 0.4) is 0 Å². The lowest BCUT2D eigenvalue weighted by Crippen LogP contribution is -2.68. The Hall–Kier alpha value is -5.93. The molecule has 0 aromatic heterocycles. The summed E-state index contributed by atoms with van der Waals surface area (Å²) >= 11 is 0. The predicted octanol–water partition coefficient (Wildman–Crippen LogP) is 4.95. The van der Waals surface area contributed by atoms with Gasteiger partial charge in [0.05, 0.1) is 40.9 Å². The van der Waals surface area contributed by atoms with E-state index in [0.29, 0.717) is 11.1 Å². The van der Waals surface area contributed by atoms with Crippen LogP contribution in [0.2, 0.25) is 0 Å². The van der Waals surface area contributed by atoms with Crippen molar-refractivity contribution >= 4 is 41.3 Å². The number of nitro groups is 2. The van der Waals surface area contributed by atoms with Gasteiger partial charge in [-0.3, -0.25) is 29.8 Å². The van der Waals surface area contributed by atoms with Crippen LogP contribution in [0.5, 0.6) is 0 Å². The molecule has 2 atom stereocenters. The van der Waals surface area contributed by atoms with E-state index in [0.717, 1.165) is 31.4 Å². The monoisotopic (exact) mass is 667 g/mol. The first-order valence-corrected chi connectivity index (χ1v) is 14.3. The van der Waals surface area contributed by atoms with Gasteiger partial charge in [0.1, 0.15) is 17.9 Å². The second-order valence-corrected chi connectivity index (χ2v) is 11.5. The Morgan fingerprint density at radius 1 is 0.938 bits per heavy atom. The number of esters is 3. The van der Waals surface area contributed by atoms with Gasteiger partial charge in [-0.15, -0.1) is 0 Å². The van der Waals surface area contributed by atoms with Crippen molar-refractivity contribution in [3.63, 3.8) is 0 Å². The van der Waals surface area contributed by atoms with Crippen LogP contribution in [0.4, 0.5) is 16.2 Å². The van der Waals surface area contributed by atoms with Gasteiger partial charge >= 0.3 is 24.1 Å². The predicted molar refractivity (Wildman–Crippen MR) is 165 cm³/mol. The molecule has 0 bridgehead atoms. The molecule has 0 radical (unpaired) electrons. The molecule has 2 aromatic carbocycles. The lowest BCUT2D eigenvalue weighted by molar-refractivity contribution is -0.385. The van der Waals surface area contributed by atoms with Gasteiger partial charge in [-0.2, -0.15) is 0 Å². The average Bonchev–Trinajstić information content (AvgIpc) is 3.01. The number of carbonyl (C=O) groups is 5. The molecule has 254 valence electrons. The van der Waals surface area contributed by atoms with Crippen LogP contribution in [0, 0.1) is 26.1 Å². The normalized spacial score (nSPS) is 15.4. The molecular formula is C32H33N3O13. The number of likely N-dealkylation sites (tertiary alicyclic amines) is 1. The summed E-state index contributed by atoms with van der Waals surface area (Å²) in [5, 5.41) is 21.7. The third-order valence-electron chi connectivity index (χ3n) is 7.32. The van der Waals surface area contributed by atoms with E-state index in [1.165, 1.54) is 43.0 Å². The fraction of sp³-hybridized carbons (Fsp3) is 0.344. The molecule has 1 saturated heterocycles. The standard InChI is InChI=1S/C32H33N3O13/c1-18(2)27(30(39)45-6)33-24(15-19(3)16-25(36)47-29(38)21-9-13-23(14-10-21)35(43)44)26(28(33)37)32(4,5)48-31(40)46-17-20-7-11-22(12-8-20)34(41)42/h7-14,24,26H,3,15-17H2,1-2,4-6H3/t24-,26-/m1/s1. The van der Waals surface area contributed by atoms with Gasteiger partial charge < -0.3 is 23.8 Å². The third-order valence-corrected chi connectivity index (χ3v) is 7.32. The van der Waals surface area contributed by atoms with E-state index in [4.69, 9.17) is 18.9 Å². The van der Waals surface area contributed by atoms with Crippen molar-refractivity contribution in [2.24, 2.45) is 5.92 Å². The summed E-state index contributed by atoms with van der Waals surface area (Å²) in [5.41, 5.74) is -0.967. The number of nitrogens with zero attached hydrogens (tertiary/aromatic N) is 3. The Kier molecular flexibility index (Phi) is 11.5. The number of amides is 1. The van der Waals surface area contributed by atoms with Gasteiger partial charge in [0.15, 0.2) is 0 Å². The topological polar surface area (TPSA) is 212 Å². The molecule has 0 spiro atoms. The van der Waals surface area contributed by atoms with Crippen LogP contribution in [-0.2, 0) is 39.9 Å². The van der Waals surface area contributed by atoms with Gasteiger partial charge in [-0.05, 0) is 69.5 Å². The molecule has 3 rings (SSSR count). The van der Waals surface area contributed by atoms with Crippen LogP contribution in [0.25, 0.3) is 0 Å². The molecule has 0 N–H and O–H groups in total. The summed E-state index contributed by atoms with van der Waals surface area (Å²) in [6.45, 7) is 9.73. The van der Waals surface area contributed by atoms with Gasteiger partial charge in [0.25, 0.3) is 11.4 Å². The summed E-state index contributed by atoms with van der Waals surface area (Å²) in [4.78, 5) is 85.6. The molecule has 16 heteroatoms. The zero-order chi connectivity index (χ0) is 35.9. The Labute approximate surface area is 274 Å². The van der Waals surface area contributed by atoms with Crippen molar-refractivity contribution in [1.29, 1.82) is 0 Å². The van der Waals surface area contributed by atoms with Crippen LogP contribution in [0.15, 0.2) is 72.0 Å². The Morgan fingerprint density at radius 2 is 1.48 bits per heavy atom. The van der Waals surface area contributed by atoms with Crippen LogP contribution >= 0.6 is 0 Å². The summed E-state index contributed by atoms with van der Waals surface area (Å²) in [6, 6.07) is 8.88. The maximum Gasteiger partial charge on any atom is 0.509 e. The zero-order valence-corrected chi connectivity index (χ0v) is 26.8. The molecule has 1 aliphatic rings. The molecule has 1 heterocycles. The SMILES string of the molecule is C=C(CC(=O)OC(=O)c1ccc([N+](=O)[O-])cc1)C[C@@H]1[C@@H](C(C)(C)OC(=O)OCc2ccc([N+](=O)[O-])cc2)C(=O)N1C(C(=O)OC)=C(C)C. The molecule has 16 nitrogen and oxygen atoms in total. The van der Waals surface area contributed by atoms with Gasteiger partial charge in [-0.25, -0.2) is 14.4 Å². The maximum atomic E-state index is 13.6. The van der Waals surface area contributed by atoms with E-state index < -0.39 is 63.8 Å². The van der Waals surface area contributed by atoms with Gasteiger partial charge in [0.2, 0.25) is 5.91 Å². The van der Waals surface area contributed by atoms with Crippen molar-refractivity contribution in [1.82, 2.24) is 4.90 Å². The fourth-order valence-electron chi connectivity index (χ4n) is 5.08. The van der Waals surface area contributed by atoms with Gasteiger partial charge in [0, 0.05) is 24.3 Å². The lowest BCUT2D eigenvalue weighted by atomic mass is 9.72. The zero-order valence-electron chi connectivity index (χ0n) is 26.8. The Bertz CT molecular complexity index is 1670. The average molecular weight is 668 g/mol. The number of allylic oxidation sites excluding steroid dienone is 1. The van der Waals surface area contributed by atoms with Crippen LogP contribution in [0.1, 0.15) is 56.5 Å². The molecule has 0 saturated carbocycles. The first-order chi connectivity index (χ1) is 22.5. The number of rotatable bonds is 13. The third kappa shape index (κ3) is 8.65. The molecule has 2 aromatic rings. The van der Waals surface area contributed by atoms with Crippen molar-refractivity contribution in [2.45, 2.75) is 58.8 Å². The molecule has 0 unspecified atom stereocenters. The highest BCUT2D eigenvalue weighted by atomic mass is 16.7. The first-order valence-electron chi connectivity index (χ1n) is 14.3. The van der Waals surface area contributed by atoms with Crippen LogP contribution < -0.4 is 0 Å². The second kappa shape index (κ2) is 15.1. The fourth-order valence-corrected chi connectivity index (χ4v) is 5.08. The van der Waals surface area contributed by atoms with Crippen LogP contribution in [-0.4, -0.2) is 63.5 Å². The number of hydrogen-bond acceptors (Lipinski definition) is 13. The van der Waals surface area contributed by atoms with Crippen molar-refractivity contribution in [3.8, 4) is 0 Å². The molecule has 1 aliphatic heterocycles. The Morgan fingerprint density at radius 3 is 1.98 bits per heavy atom. The van der Waals surface area contributed by atoms with E-state index >= 15 is 0 Å². The summed E-state index contributed by atoms with van der Waals surface area (Å²) in [7, 11) is 1.15. The number of nitro benzene ring substituents is 2. The highest BCUT2D eigenvalue weighted by Crippen LogP contribution is 2.43. The Balaban J connectivity index is 1.74. The number of β-lactam (4-membered cyclic amide) rings is 1. The first kappa shape index (κ1) is 36.5. The van der Waals surface area contributed by atoms with E-state index in [1.807, 2.05) is 0 Å². The second-order valence-electron chi connectivity index (χ2n) is 11.5. The molecular weight excluding hydrogens is 634 g/mol. The number of benzene rings is 2. The van der Waals surface area contributed by atoms with E-state index in [1.54, 1.807) is 13.8 Å². The highest BCUT2D eigenvalue weighted by Gasteiger charge is 2.58. The number of hydrogen-bond donors (Lipinski definition) is 0. The summed E-state index contributed by atoms with van der Waals surface area (Å²) in [6.07, 6.45) is -1.69. The molecule has 1 fully saturated rings.